The van der Waals surface area contributed by atoms with Gasteiger partial charge in [-0.05, 0) is 31.0 Å². The molecule has 2 aromatic carbocycles. The lowest BCUT2D eigenvalue weighted by molar-refractivity contribution is -0.135. The summed E-state index contributed by atoms with van der Waals surface area (Å²) >= 11 is 0. The number of carbonyl (C=O) groups is 2. The third-order valence-corrected chi connectivity index (χ3v) is 4.59. The Labute approximate surface area is 177 Å². The van der Waals surface area contributed by atoms with Crippen LogP contribution in [0.25, 0.3) is 0 Å². The summed E-state index contributed by atoms with van der Waals surface area (Å²) in [5, 5.41) is 0. The van der Waals surface area contributed by atoms with Crippen LogP contribution in [-0.4, -0.2) is 51.3 Å². The number of carbonyl (C=O) groups excluding carboxylic acids is 2. The van der Waals surface area contributed by atoms with Crippen molar-refractivity contribution in [3.63, 3.8) is 0 Å². The van der Waals surface area contributed by atoms with Crippen LogP contribution in [0.5, 0.6) is 17.2 Å². The number of amides is 1. The Balaban J connectivity index is 2.09. The molecule has 0 aliphatic heterocycles. The summed E-state index contributed by atoms with van der Waals surface area (Å²) in [5.74, 6) is -0.0283. The molecule has 30 heavy (non-hydrogen) atoms. The number of benzene rings is 2. The van der Waals surface area contributed by atoms with Crippen LogP contribution in [0.4, 0.5) is 0 Å². The van der Waals surface area contributed by atoms with Gasteiger partial charge in [0.1, 0.15) is 5.56 Å². The van der Waals surface area contributed by atoms with Crippen molar-refractivity contribution in [3.8, 4) is 17.2 Å². The molecule has 2 aromatic rings. The Morgan fingerprint density at radius 3 is 2.13 bits per heavy atom. The smallest absolute Gasteiger partial charge is 0.342 e. The molecule has 0 atom stereocenters. The monoisotopic (exact) mass is 415 g/mol. The molecule has 0 heterocycles. The topological polar surface area (TPSA) is 74.3 Å². The zero-order valence-electron chi connectivity index (χ0n) is 18.2. The molecule has 7 nitrogen and oxygen atoms in total. The Hall–Kier alpha value is -3.22. The van der Waals surface area contributed by atoms with Crippen LogP contribution >= 0.6 is 0 Å². The molecule has 162 valence electrons. The van der Waals surface area contributed by atoms with Crippen LogP contribution in [-0.2, 0) is 16.1 Å². The summed E-state index contributed by atoms with van der Waals surface area (Å²) in [5.41, 5.74) is 2.34. The Bertz CT molecular complexity index is 863. The van der Waals surface area contributed by atoms with E-state index in [1.54, 1.807) is 11.0 Å². The minimum atomic E-state index is -0.673. The van der Waals surface area contributed by atoms with Gasteiger partial charge in [0.05, 0.1) is 21.3 Å². The van der Waals surface area contributed by atoms with Gasteiger partial charge < -0.3 is 23.8 Å². The lowest BCUT2D eigenvalue weighted by Crippen LogP contribution is -2.35. The second-order valence-corrected chi connectivity index (χ2v) is 6.76. The third-order valence-electron chi connectivity index (χ3n) is 4.59. The molecule has 0 spiro atoms. The Kier molecular flexibility index (Phi) is 8.53. The first-order chi connectivity index (χ1) is 14.4. The SMILES string of the molecule is CCCN(Cc1ccc(C)cc1)C(=O)COC(=O)c1ccc(OC)c(OC)c1OC. The number of nitrogens with zero attached hydrogens (tertiary/aromatic N) is 1. The summed E-state index contributed by atoms with van der Waals surface area (Å²) in [6.45, 7) is 4.69. The van der Waals surface area contributed by atoms with Crippen molar-refractivity contribution in [3.05, 3.63) is 53.1 Å². The maximum atomic E-state index is 12.7. The highest BCUT2D eigenvalue weighted by Gasteiger charge is 2.23. The van der Waals surface area contributed by atoms with Crippen molar-refractivity contribution in [2.24, 2.45) is 0 Å². The minimum absolute atomic E-state index is 0.156. The lowest BCUT2D eigenvalue weighted by Gasteiger charge is -2.22. The first-order valence-corrected chi connectivity index (χ1v) is 9.74. The van der Waals surface area contributed by atoms with Gasteiger partial charge in [0.15, 0.2) is 18.1 Å². The third kappa shape index (κ3) is 5.65. The van der Waals surface area contributed by atoms with Gasteiger partial charge in [-0.1, -0.05) is 36.8 Å². The summed E-state index contributed by atoms with van der Waals surface area (Å²) < 4.78 is 21.1. The van der Waals surface area contributed by atoms with Crippen LogP contribution in [0, 0.1) is 6.92 Å². The van der Waals surface area contributed by atoms with Crippen LogP contribution in [0.2, 0.25) is 0 Å². The van der Waals surface area contributed by atoms with Gasteiger partial charge in [0.25, 0.3) is 5.91 Å². The molecule has 0 bridgehead atoms. The normalized spacial score (nSPS) is 10.3. The average Bonchev–Trinajstić information content (AvgIpc) is 2.76. The fourth-order valence-corrected chi connectivity index (χ4v) is 3.03. The molecular weight excluding hydrogens is 386 g/mol. The maximum Gasteiger partial charge on any atom is 0.342 e. The number of hydrogen-bond donors (Lipinski definition) is 0. The van der Waals surface area contributed by atoms with Gasteiger partial charge in [-0.15, -0.1) is 0 Å². The van der Waals surface area contributed by atoms with Crippen molar-refractivity contribution in [1.82, 2.24) is 4.90 Å². The highest BCUT2D eigenvalue weighted by Crippen LogP contribution is 2.39. The van der Waals surface area contributed by atoms with E-state index in [2.05, 4.69) is 0 Å². The van der Waals surface area contributed by atoms with E-state index in [-0.39, 0.29) is 29.6 Å². The quantitative estimate of drug-likeness (QED) is 0.552. The molecule has 0 fully saturated rings. The Morgan fingerprint density at radius 1 is 0.900 bits per heavy atom. The molecule has 0 N–H and O–H groups in total. The number of methoxy groups -OCH3 is 3. The number of rotatable bonds is 10. The van der Waals surface area contributed by atoms with Gasteiger partial charge in [-0.2, -0.15) is 0 Å². The molecule has 0 aliphatic carbocycles. The van der Waals surface area contributed by atoms with Crippen molar-refractivity contribution >= 4 is 11.9 Å². The van der Waals surface area contributed by atoms with E-state index >= 15 is 0 Å². The maximum absolute atomic E-state index is 12.7. The molecule has 0 aromatic heterocycles. The van der Waals surface area contributed by atoms with Gasteiger partial charge in [-0.3, -0.25) is 4.79 Å². The average molecular weight is 415 g/mol. The Morgan fingerprint density at radius 2 is 1.57 bits per heavy atom. The first kappa shape index (κ1) is 23.1. The van der Waals surface area contributed by atoms with Gasteiger partial charge in [0, 0.05) is 13.1 Å². The first-order valence-electron chi connectivity index (χ1n) is 9.74. The predicted molar refractivity (Wildman–Crippen MR) is 113 cm³/mol. The molecule has 0 radical (unpaired) electrons. The summed E-state index contributed by atoms with van der Waals surface area (Å²) in [6.07, 6.45) is 0.801. The number of esters is 1. The summed E-state index contributed by atoms with van der Waals surface area (Å²) in [4.78, 5) is 27.0. The molecule has 0 saturated carbocycles. The lowest BCUT2D eigenvalue weighted by atomic mass is 10.1. The van der Waals surface area contributed by atoms with Crippen molar-refractivity contribution in [1.29, 1.82) is 0 Å². The second-order valence-electron chi connectivity index (χ2n) is 6.76. The standard InChI is InChI=1S/C23H29NO6/c1-6-13-24(14-17-9-7-16(2)8-10-17)20(25)15-30-23(26)18-11-12-19(27-3)22(29-5)21(18)28-4/h7-12H,6,13-15H2,1-5H3. The van der Waals surface area contributed by atoms with Crippen LogP contribution in [0.15, 0.2) is 36.4 Å². The zero-order valence-corrected chi connectivity index (χ0v) is 18.2. The van der Waals surface area contributed by atoms with Gasteiger partial charge >= 0.3 is 5.97 Å². The van der Waals surface area contributed by atoms with Crippen molar-refractivity contribution < 1.29 is 28.5 Å². The molecule has 0 saturated heterocycles. The van der Waals surface area contributed by atoms with E-state index in [0.717, 1.165) is 17.5 Å². The highest BCUT2D eigenvalue weighted by atomic mass is 16.5. The van der Waals surface area contributed by atoms with Gasteiger partial charge in [-0.25, -0.2) is 4.79 Å². The van der Waals surface area contributed by atoms with Gasteiger partial charge in [0.2, 0.25) is 5.75 Å². The van der Waals surface area contributed by atoms with E-state index in [4.69, 9.17) is 18.9 Å². The minimum Gasteiger partial charge on any atom is -0.493 e. The van der Waals surface area contributed by atoms with E-state index in [1.165, 1.54) is 27.4 Å². The molecular formula is C23H29NO6. The second kappa shape index (κ2) is 11.1. The molecule has 0 unspecified atom stereocenters. The molecule has 7 heteroatoms. The van der Waals surface area contributed by atoms with E-state index < -0.39 is 5.97 Å². The van der Waals surface area contributed by atoms with E-state index in [9.17, 15) is 9.59 Å². The molecule has 1 amide bonds. The van der Waals surface area contributed by atoms with Crippen LogP contribution in [0.1, 0.15) is 34.8 Å². The van der Waals surface area contributed by atoms with E-state index in [1.807, 2.05) is 38.1 Å². The molecule has 0 aliphatic rings. The number of ether oxygens (including phenoxy) is 4. The fraction of sp³-hybridized carbons (Fsp3) is 0.391. The molecule has 2 rings (SSSR count). The predicted octanol–water partition coefficient (Wildman–Crippen LogP) is 3.62. The highest BCUT2D eigenvalue weighted by molar-refractivity contribution is 5.95. The number of aryl methyl sites for hydroxylation is 1. The summed E-state index contributed by atoms with van der Waals surface area (Å²) in [6, 6.07) is 11.1. The van der Waals surface area contributed by atoms with Crippen LogP contribution in [0.3, 0.4) is 0 Å². The van der Waals surface area contributed by atoms with Crippen molar-refractivity contribution in [2.75, 3.05) is 34.5 Å². The van der Waals surface area contributed by atoms with E-state index in [0.29, 0.717) is 18.8 Å². The fourth-order valence-electron chi connectivity index (χ4n) is 3.03. The number of hydrogen-bond acceptors (Lipinski definition) is 6. The largest absolute Gasteiger partial charge is 0.493 e. The summed E-state index contributed by atoms with van der Waals surface area (Å²) in [7, 11) is 4.36. The zero-order chi connectivity index (χ0) is 22.1. The van der Waals surface area contributed by atoms with Crippen molar-refractivity contribution in [2.45, 2.75) is 26.8 Å². The van der Waals surface area contributed by atoms with Crippen LogP contribution < -0.4 is 14.2 Å².